The molecular formula is C16H23N5O. The van der Waals surface area contributed by atoms with Crippen molar-refractivity contribution in [2.75, 3.05) is 39.8 Å². The molecule has 3 heterocycles. The van der Waals surface area contributed by atoms with Crippen LogP contribution in [0.15, 0.2) is 16.5 Å². The molecule has 0 aromatic heterocycles. The minimum absolute atomic E-state index is 0.0347. The maximum Gasteiger partial charge on any atom is 0.325 e. The Balaban J connectivity index is 2.02. The largest absolute Gasteiger partial charge is 0.353 e. The van der Waals surface area contributed by atoms with Crippen molar-refractivity contribution in [2.45, 2.75) is 25.8 Å². The molecule has 3 rings (SSSR count). The third kappa shape index (κ3) is 2.57. The molecule has 3 aliphatic heterocycles. The molecular weight excluding hydrogens is 278 g/mol. The molecule has 22 heavy (non-hydrogen) atoms. The number of fused-ring (bicyclic) bond motifs is 1. The molecule has 0 aromatic rings. The summed E-state index contributed by atoms with van der Waals surface area (Å²) >= 11 is 0. The van der Waals surface area contributed by atoms with E-state index in [4.69, 9.17) is 4.99 Å². The molecule has 118 valence electrons. The topological polar surface area (TPSA) is 51.2 Å². The second kappa shape index (κ2) is 6.41. The number of nitrogens with one attached hydrogen (secondary N) is 1. The number of urea groups is 1. The van der Waals surface area contributed by atoms with Gasteiger partial charge in [-0.2, -0.15) is 0 Å². The molecule has 0 bridgehead atoms. The Hall–Kier alpha value is -2.00. The zero-order valence-electron chi connectivity index (χ0n) is 13.3. The van der Waals surface area contributed by atoms with E-state index in [1.165, 1.54) is 0 Å². The van der Waals surface area contributed by atoms with E-state index < -0.39 is 0 Å². The van der Waals surface area contributed by atoms with Crippen LogP contribution in [0.5, 0.6) is 0 Å². The van der Waals surface area contributed by atoms with Gasteiger partial charge >= 0.3 is 6.03 Å². The normalized spacial score (nSPS) is 25.1. The second-order valence-corrected chi connectivity index (χ2v) is 5.76. The molecule has 0 spiro atoms. The highest BCUT2D eigenvalue weighted by molar-refractivity contribution is 5.81. The van der Waals surface area contributed by atoms with Gasteiger partial charge in [0.25, 0.3) is 0 Å². The van der Waals surface area contributed by atoms with Crippen LogP contribution in [0.25, 0.3) is 0 Å². The maximum absolute atomic E-state index is 12.6. The first-order valence-corrected chi connectivity index (χ1v) is 7.90. The van der Waals surface area contributed by atoms with Crippen molar-refractivity contribution >= 4 is 12.2 Å². The van der Waals surface area contributed by atoms with Crippen molar-refractivity contribution in [3.63, 3.8) is 0 Å². The highest BCUT2D eigenvalue weighted by atomic mass is 16.2. The van der Waals surface area contributed by atoms with Crippen LogP contribution >= 0.6 is 0 Å². The van der Waals surface area contributed by atoms with Crippen molar-refractivity contribution in [1.82, 2.24) is 20.0 Å². The number of rotatable bonds is 2. The minimum atomic E-state index is 0.0347. The molecule has 3 aliphatic rings. The van der Waals surface area contributed by atoms with Crippen LogP contribution in [-0.2, 0) is 0 Å². The van der Waals surface area contributed by atoms with Gasteiger partial charge in [0.1, 0.15) is 5.82 Å². The van der Waals surface area contributed by atoms with Crippen LogP contribution in [0.2, 0.25) is 0 Å². The summed E-state index contributed by atoms with van der Waals surface area (Å²) in [5.74, 6) is 6.88. The zero-order valence-corrected chi connectivity index (χ0v) is 13.3. The van der Waals surface area contributed by atoms with E-state index in [1.54, 1.807) is 11.8 Å². The van der Waals surface area contributed by atoms with Gasteiger partial charge in [0.15, 0.2) is 0 Å². The van der Waals surface area contributed by atoms with Gasteiger partial charge < -0.3 is 15.1 Å². The summed E-state index contributed by atoms with van der Waals surface area (Å²) in [4.78, 5) is 23.2. The zero-order chi connectivity index (χ0) is 15.5. The van der Waals surface area contributed by atoms with E-state index >= 15 is 0 Å². The molecule has 6 nitrogen and oxygen atoms in total. The predicted molar refractivity (Wildman–Crippen MR) is 86.3 cm³/mol. The van der Waals surface area contributed by atoms with Gasteiger partial charge in [-0.15, -0.1) is 5.92 Å². The third-order valence-corrected chi connectivity index (χ3v) is 4.45. The molecule has 0 aromatic carbocycles. The van der Waals surface area contributed by atoms with Crippen molar-refractivity contribution in [2.24, 2.45) is 4.99 Å². The number of carbonyl (C=O) groups is 1. The Morgan fingerprint density at radius 1 is 1.41 bits per heavy atom. The third-order valence-electron chi connectivity index (χ3n) is 4.45. The van der Waals surface area contributed by atoms with Crippen LogP contribution in [0.4, 0.5) is 4.79 Å². The van der Waals surface area contributed by atoms with Gasteiger partial charge in [0.2, 0.25) is 0 Å². The molecule has 2 fully saturated rings. The SMILES string of the molecule is CC#CCN1C(=O)N(C)C2CCC=NC(N3CCNCC3)=C21. The van der Waals surface area contributed by atoms with Crippen molar-refractivity contribution < 1.29 is 4.79 Å². The number of hydrogen-bond donors (Lipinski definition) is 1. The molecule has 2 amide bonds. The summed E-state index contributed by atoms with van der Waals surface area (Å²) in [6.07, 6.45) is 3.81. The predicted octanol–water partition coefficient (Wildman–Crippen LogP) is 0.685. The Bertz CT molecular complexity index is 565. The van der Waals surface area contributed by atoms with Gasteiger partial charge in [-0.3, -0.25) is 4.90 Å². The summed E-state index contributed by atoms with van der Waals surface area (Å²) in [6.45, 7) is 6.00. The highest BCUT2D eigenvalue weighted by Crippen LogP contribution is 2.33. The fourth-order valence-corrected chi connectivity index (χ4v) is 3.27. The Morgan fingerprint density at radius 3 is 2.91 bits per heavy atom. The number of nitrogens with zero attached hydrogens (tertiary/aromatic N) is 4. The number of amides is 2. The van der Waals surface area contributed by atoms with E-state index in [-0.39, 0.29) is 12.1 Å². The van der Waals surface area contributed by atoms with Gasteiger partial charge in [0, 0.05) is 39.4 Å². The van der Waals surface area contributed by atoms with E-state index in [2.05, 4.69) is 22.1 Å². The number of hydrogen-bond acceptors (Lipinski definition) is 4. The maximum atomic E-state index is 12.6. The molecule has 1 atom stereocenters. The fraction of sp³-hybridized carbons (Fsp3) is 0.625. The van der Waals surface area contributed by atoms with Gasteiger partial charge in [-0.25, -0.2) is 9.79 Å². The van der Waals surface area contributed by atoms with E-state index in [0.29, 0.717) is 6.54 Å². The smallest absolute Gasteiger partial charge is 0.325 e. The van der Waals surface area contributed by atoms with E-state index in [0.717, 1.165) is 50.5 Å². The van der Waals surface area contributed by atoms with Crippen LogP contribution in [0.1, 0.15) is 19.8 Å². The average Bonchev–Trinajstić information content (AvgIpc) is 2.72. The van der Waals surface area contributed by atoms with E-state index in [1.807, 2.05) is 18.2 Å². The lowest BCUT2D eigenvalue weighted by atomic mass is 10.1. The lowest BCUT2D eigenvalue weighted by Gasteiger charge is -2.32. The number of carbonyl (C=O) groups excluding carboxylic acids is 1. The number of likely N-dealkylation sites (N-methyl/N-ethyl adjacent to an activating group) is 1. The second-order valence-electron chi connectivity index (χ2n) is 5.76. The van der Waals surface area contributed by atoms with Crippen LogP contribution in [0.3, 0.4) is 0 Å². The summed E-state index contributed by atoms with van der Waals surface area (Å²) in [7, 11) is 1.88. The van der Waals surface area contributed by atoms with Crippen molar-refractivity contribution in [3.8, 4) is 11.8 Å². The highest BCUT2D eigenvalue weighted by Gasteiger charge is 2.42. The summed E-state index contributed by atoms with van der Waals surface area (Å²) in [5, 5.41) is 3.36. The summed E-state index contributed by atoms with van der Waals surface area (Å²) in [6, 6.07) is 0.144. The fourth-order valence-electron chi connectivity index (χ4n) is 3.27. The molecule has 0 saturated carbocycles. The number of aliphatic imine (C=N–C) groups is 1. The molecule has 1 unspecified atom stereocenters. The monoisotopic (exact) mass is 301 g/mol. The first-order chi connectivity index (χ1) is 10.7. The molecule has 0 aliphatic carbocycles. The Kier molecular flexibility index (Phi) is 4.34. The van der Waals surface area contributed by atoms with Crippen LogP contribution < -0.4 is 5.32 Å². The van der Waals surface area contributed by atoms with Crippen molar-refractivity contribution in [3.05, 3.63) is 11.5 Å². The summed E-state index contributed by atoms with van der Waals surface area (Å²) < 4.78 is 0. The molecule has 1 N–H and O–H groups in total. The molecule has 0 radical (unpaired) electrons. The molecule has 2 saturated heterocycles. The van der Waals surface area contributed by atoms with Gasteiger partial charge in [-0.05, 0) is 19.8 Å². The minimum Gasteiger partial charge on any atom is -0.353 e. The lowest BCUT2D eigenvalue weighted by Crippen LogP contribution is -2.44. The standard InChI is InChI=1S/C16H23N5O/c1-3-4-10-21-14-13(19(2)16(21)22)6-5-7-18-15(14)20-11-8-17-9-12-20/h7,13,17H,5-6,8-12H2,1-2H3. The number of piperazine rings is 1. The lowest BCUT2D eigenvalue weighted by molar-refractivity contribution is 0.198. The Morgan fingerprint density at radius 2 is 2.18 bits per heavy atom. The van der Waals surface area contributed by atoms with Crippen LogP contribution in [-0.4, -0.2) is 72.8 Å². The first kappa shape index (κ1) is 14.9. The Labute approximate surface area is 131 Å². The van der Waals surface area contributed by atoms with Gasteiger partial charge in [0.05, 0.1) is 18.3 Å². The average molecular weight is 301 g/mol. The van der Waals surface area contributed by atoms with Crippen molar-refractivity contribution in [1.29, 1.82) is 0 Å². The summed E-state index contributed by atoms with van der Waals surface area (Å²) in [5.41, 5.74) is 1.03. The quantitative estimate of drug-likeness (QED) is 0.763. The first-order valence-electron chi connectivity index (χ1n) is 7.90. The molecule has 6 heteroatoms. The van der Waals surface area contributed by atoms with E-state index in [9.17, 15) is 4.79 Å². The van der Waals surface area contributed by atoms with Gasteiger partial charge in [-0.1, -0.05) is 5.92 Å². The van der Waals surface area contributed by atoms with Crippen LogP contribution in [0, 0.1) is 11.8 Å².